The van der Waals surface area contributed by atoms with Crippen LogP contribution in [-0.4, -0.2) is 32.9 Å². The molecule has 104 valence electrons. The van der Waals surface area contributed by atoms with Crippen molar-refractivity contribution in [1.82, 2.24) is 4.72 Å². The van der Waals surface area contributed by atoms with Crippen LogP contribution >= 0.6 is 0 Å². The number of nitrogens with one attached hydrogen (secondary N) is 1. The normalized spacial score (nSPS) is 15.2. The standard InChI is InChI=1S/C9H19F3N2O2S/c1-7(2)8(6-13)14-17(15,16)5-3-4-9(10,11)12/h7-8,14H,3-6,13H2,1-2H3. The predicted molar refractivity (Wildman–Crippen MR) is 59.9 cm³/mol. The SMILES string of the molecule is CC(C)C(CN)NS(=O)(=O)CCCC(F)(F)F. The van der Waals surface area contributed by atoms with E-state index in [2.05, 4.69) is 4.72 Å². The number of hydrogen-bond donors (Lipinski definition) is 2. The largest absolute Gasteiger partial charge is 0.389 e. The van der Waals surface area contributed by atoms with Crippen LogP contribution in [0.15, 0.2) is 0 Å². The van der Waals surface area contributed by atoms with E-state index in [1.54, 1.807) is 13.8 Å². The molecular formula is C9H19F3N2O2S. The van der Waals surface area contributed by atoms with E-state index < -0.39 is 40.8 Å². The summed E-state index contributed by atoms with van der Waals surface area (Å²) in [6.45, 7) is 3.70. The van der Waals surface area contributed by atoms with Crippen LogP contribution in [0.5, 0.6) is 0 Å². The highest BCUT2D eigenvalue weighted by molar-refractivity contribution is 7.89. The summed E-state index contributed by atoms with van der Waals surface area (Å²) < 4.78 is 60.8. The maximum atomic E-state index is 11.9. The molecule has 17 heavy (non-hydrogen) atoms. The van der Waals surface area contributed by atoms with Gasteiger partial charge in [0.15, 0.2) is 0 Å². The minimum atomic E-state index is -4.32. The Morgan fingerprint density at radius 3 is 2.18 bits per heavy atom. The monoisotopic (exact) mass is 276 g/mol. The van der Waals surface area contributed by atoms with Gasteiger partial charge in [0.1, 0.15) is 0 Å². The Hall–Kier alpha value is -0.340. The summed E-state index contributed by atoms with van der Waals surface area (Å²) in [5.41, 5.74) is 5.37. The van der Waals surface area contributed by atoms with Gasteiger partial charge in [0.25, 0.3) is 0 Å². The van der Waals surface area contributed by atoms with E-state index in [-0.39, 0.29) is 12.5 Å². The molecule has 0 aromatic carbocycles. The van der Waals surface area contributed by atoms with Gasteiger partial charge in [-0.1, -0.05) is 13.8 Å². The van der Waals surface area contributed by atoms with Crippen molar-refractivity contribution in [3.63, 3.8) is 0 Å². The Morgan fingerprint density at radius 2 is 1.82 bits per heavy atom. The van der Waals surface area contributed by atoms with Crippen LogP contribution in [-0.2, 0) is 10.0 Å². The first-order chi connectivity index (χ1) is 7.57. The van der Waals surface area contributed by atoms with Crippen molar-refractivity contribution in [2.45, 2.75) is 38.9 Å². The summed E-state index contributed by atoms with van der Waals surface area (Å²) in [6, 6.07) is -0.439. The second-order valence-electron chi connectivity index (χ2n) is 4.24. The minimum Gasteiger partial charge on any atom is -0.329 e. The van der Waals surface area contributed by atoms with Crippen molar-refractivity contribution in [1.29, 1.82) is 0 Å². The molecule has 4 nitrogen and oxygen atoms in total. The molecule has 1 unspecified atom stereocenters. The van der Waals surface area contributed by atoms with E-state index in [1.807, 2.05) is 0 Å². The zero-order valence-corrected chi connectivity index (χ0v) is 10.7. The summed E-state index contributed by atoms with van der Waals surface area (Å²) in [4.78, 5) is 0. The molecule has 0 radical (unpaired) electrons. The van der Waals surface area contributed by atoms with Crippen LogP contribution in [0.25, 0.3) is 0 Å². The van der Waals surface area contributed by atoms with Gasteiger partial charge < -0.3 is 5.73 Å². The van der Waals surface area contributed by atoms with E-state index in [9.17, 15) is 21.6 Å². The molecule has 1 atom stereocenters. The Labute approximate surface area is 99.8 Å². The first-order valence-electron chi connectivity index (χ1n) is 5.34. The topological polar surface area (TPSA) is 72.2 Å². The average molecular weight is 276 g/mol. The van der Waals surface area contributed by atoms with E-state index in [0.717, 1.165) is 0 Å². The molecule has 0 spiro atoms. The summed E-state index contributed by atoms with van der Waals surface area (Å²) >= 11 is 0. The van der Waals surface area contributed by atoms with Crippen LogP contribution < -0.4 is 10.5 Å². The Bertz CT molecular complexity index is 315. The van der Waals surface area contributed by atoms with Crippen LogP contribution in [0.4, 0.5) is 13.2 Å². The maximum absolute atomic E-state index is 11.9. The first kappa shape index (κ1) is 16.7. The van der Waals surface area contributed by atoms with Gasteiger partial charge >= 0.3 is 6.18 Å². The van der Waals surface area contributed by atoms with Crippen LogP contribution in [0, 0.1) is 5.92 Å². The number of nitrogens with two attached hydrogens (primary N) is 1. The van der Waals surface area contributed by atoms with Gasteiger partial charge in [-0.05, 0) is 12.3 Å². The molecule has 0 heterocycles. The maximum Gasteiger partial charge on any atom is 0.389 e. The lowest BCUT2D eigenvalue weighted by Crippen LogP contribution is -2.44. The van der Waals surface area contributed by atoms with E-state index in [0.29, 0.717) is 0 Å². The van der Waals surface area contributed by atoms with Crippen LogP contribution in [0.3, 0.4) is 0 Å². The quantitative estimate of drug-likeness (QED) is 0.734. The third-order valence-electron chi connectivity index (χ3n) is 2.26. The summed E-state index contributed by atoms with van der Waals surface area (Å²) in [5.74, 6) is -0.534. The van der Waals surface area contributed by atoms with Crippen molar-refractivity contribution < 1.29 is 21.6 Å². The third kappa shape index (κ3) is 8.39. The molecule has 8 heteroatoms. The Kier molecular flexibility index (Phi) is 6.42. The van der Waals surface area contributed by atoms with Crippen molar-refractivity contribution in [3.05, 3.63) is 0 Å². The molecule has 0 saturated carbocycles. The van der Waals surface area contributed by atoms with Crippen molar-refractivity contribution >= 4 is 10.0 Å². The van der Waals surface area contributed by atoms with Gasteiger partial charge in [-0.15, -0.1) is 0 Å². The van der Waals surface area contributed by atoms with Crippen molar-refractivity contribution in [2.24, 2.45) is 11.7 Å². The number of halogens is 3. The molecule has 0 amide bonds. The molecular weight excluding hydrogens is 257 g/mol. The molecule has 0 aliphatic heterocycles. The highest BCUT2D eigenvalue weighted by Crippen LogP contribution is 2.21. The molecule has 0 aromatic rings. The molecule has 0 fully saturated rings. The number of hydrogen-bond acceptors (Lipinski definition) is 3. The second kappa shape index (κ2) is 6.55. The molecule has 0 aliphatic carbocycles. The Balaban J connectivity index is 4.21. The molecule has 0 aromatic heterocycles. The molecule has 3 N–H and O–H groups in total. The number of alkyl halides is 3. The smallest absolute Gasteiger partial charge is 0.329 e. The lowest BCUT2D eigenvalue weighted by molar-refractivity contribution is -0.134. The lowest BCUT2D eigenvalue weighted by Gasteiger charge is -2.20. The summed E-state index contributed by atoms with van der Waals surface area (Å²) in [6.07, 6.45) is -5.85. The summed E-state index contributed by atoms with van der Waals surface area (Å²) in [7, 11) is -3.69. The van der Waals surface area contributed by atoms with Gasteiger partial charge in [0.05, 0.1) is 5.75 Å². The highest BCUT2D eigenvalue weighted by atomic mass is 32.2. The molecule has 0 bridgehead atoms. The first-order valence-corrected chi connectivity index (χ1v) is 6.99. The van der Waals surface area contributed by atoms with E-state index in [1.165, 1.54) is 0 Å². The fourth-order valence-corrected chi connectivity index (χ4v) is 2.68. The second-order valence-corrected chi connectivity index (χ2v) is 6.12. The zero-order chi connectivity index (χ0) is 13.7. The highest BCUT2D eigenvalue weighted by Gasteiger charge is 2.28. The van der Waals surface area contributed by atoms with Gasteiger partial charge in [0, 0.05) is 19.0 Å². The fraction of sp³-hybridized carbons (Fsp3) is 1.00. The number of sulfonamides is 1. The van der Waals surface area contributed by atoms with Gasteiger partial charge in [-0.3, -0.25) is 0 Å². The fourth-order valence-electron chi connectivity index (χ4n) is 1.21. The van der Waals surface area contributed by atoms with E-state index >= 15 is 0 Å². The van der Waals surface area contributed by atoms with Crippen molar-refractivity contribution in [3.8, 4) is 0 Å². The molecule has 0 saturated heterocycles. The van der Waals surface area contributed by atoms with Crippen LogP contribution in [0.1, 0.15) is 26.7 Å². The molecule has 0 aliphatic rings. The summed E-state index contributed by atoms with van der Waals surface area (Å²) in [5, 5.41) is 0. The van der Waals surface area contributed by atoms with Gasteiger partial charge in [-0.25, -0.2) is 13.1 Å². The minimum absolute atomic E-state index is 0.00242. The third-order valence-corrected chi connectivity index (χ3v) is 3.75. The van der Waals surface area contributed by atoms with Gasteiger partial charge in [0.2, 0.25) is 10.0 Å². The predicted octanol–water partition coefficient (Wildman–Crippen LogP) is 1.23. The zero-order valence-electron chi connectivity index (χ0n) is 9.92. The van der Waals surface area contributed by atoms with Crippen LogP contribution in [0.2, 0.25) is 0 Å². The average Bonchev–Trinajstić information content (AvgIpc) is 2.11. The van der Waals surface area contributed by atoms with Crippen molar-refractivity contribution in [2.75, 3.05) is 12.3 Å². The lowest BCUT2D eigenvalue weighted by atomic mass is 10.1. The van der Waals surface area contributed by atoms with Gasteiger partial charge in [-0.2, -0.15) is 13.2 Å². The Morgan fingerprint density at radius 1 is 1.29 bits per heavy atom. The number of rotatable bonds is 7. The molecule has 0 rings (SSSR count). The van der Waals surface area contributed by atoms with E-state index in [4.69, 9.17) is 5.73 Å².